The molecule has 3 aliphatic rings. The summed E-state index contributed by atoms with van der Waals surface area (Å²) in [4.78, 5) is 15.7. The van der Waals surface area contributed by atoms with Crippen LogP contribution in [0, 0.1) is 31.6 Å². The minimum absolute atomic E-state index is 0.0142. The number of hydrogen-bond acceptors (Lipinski definition) is 6. The van der Waals surface area contributed by atoms with Crippen LogP contribution in [0.3, 0.4) is 0 Å². The second-order valence-corrected chi connectivity index (χ2v) is 15.0. The van der Waals surface area contributed by atoms with Gasteiger partial charge in [-0.05, 0) is 125 Å². The second-order valence-electron chi connectivity index (χ2n) is 13.2. The highest BCUT2D eigenvalue weighted by atomic mass is 32.2. The lowest BCUT2D eigenvalue weighted by Gasteiger charge is -2.39. The van der Waals surface area contributed by atoms with Crippen molar-refractivity contribution in [2.75, 3.05) is 53.0 Å². The summed E-state index contributed by atoms with van der Waals surface area (Å²) in [6.45, 7) is 8.02. The standard InChI is InChI=1S/C35H51N3O5S/c1-26-20-32(42-3)21-27(2)35(26)44(40,41)38-19-9-10-29(23-38)24-43-25-33(39)36-22-28-13-15-31(16-14-28)34(37-17-7-8-18-37)30-11-5-4-6-12-30/h4-6,11-12,20-21,28-29,31,34H,7-10,13-19,22-25H2,1-3H3,(H,36,39). The third kappa shape index (κ3) is 8.03. The summed E-state index contributed by atoms with van der Waals surface area (Å²) in [5, 5.41) is 3.11. The van der Waals surface area contributed by atoms with Gasteiger partial charge in [0.25, 0.3) is 0 Å². The fourth-order valence-corrected chi connectivity index (χ4v) is 9.70. The summed E-state index contributed by atoms with van der Waals surface area (Å²) in [7, 11) is -2.05. The Balaban J connectivity index is 1.04. The summed E-state index contributed by atoms with van der Waals surface area (Å²) in [6, 6.07) is 15.1. The Morgan fingerprint density at radius 2 is 1.61 bits per heavy atom. The number of nitrogens with zero attached hydrogens (tertiary/aromatic N) is 2. The molecular weight excluding hydrogens is 574 g/mol. The molecule has 8 nitrogen and oxygen atoms in total. The van der Waals surface area contributed by atoms with Gasteiger partial charge in [0.1, 0.15) is 12.4 Å². The van der Waals surface area contributed by atoms with Crippen LogP contribution < -0.4 is 10.1 Å². The number of aryl methyl sites for hydroxylation is 2. The monoisotopic (exact) mass is 625 g/mol. The van der Waals surface area contributed by atoms with Crippen LogP contribution in [0.5, 0.6) is 5.75 Å². The van der Waals surface area contributed by atoms with Gasteiger partial charge in [0.2, 0.25) is 15.9 Å². The average molecular weight is 626 g/mol. The van der Waals surface area contributed by atoms with Crippen LogP contribution in [0.15, 0.2) is 47.4 Å². The molecule has 2 unspecified atom stereocenters. The molecule has 3 fully saturated rings. The van der Waals surface area contributed by atoms with Crippen LogP contribution in [0.25, 0.3) is 0 Å². The maximum absolute atomic E-state index is 13.6. The fourth-order valence-electron chi connectivity index (χ4n) is 7.73. The molecule has 44 heavy (non-hydrogen) atoms. The van der Waals surface area contributed by atoms with E-state index in [2.05, 4.69) is 40.5 Å². The zero-order valence-electron chi connectivity index (χ0n) is 26.8. The number of rotatable bonds is 12. The van der Waals surface area contributed by atoms with E-state index >= 15 is 0 Å². The number of ether oxygens (including phenoxy) is 2. The molecule has 2 aromatic carbocycles. The molecular formula is C35H51N3O5S. The van der Waals surface area contributed by atoms with E-state index in [1.165, 1.54) is 44.3 Å². The van der Waals surface area contributed by atoms with E-state index in [4.69, 9.17) is 9.47 Å². The zero-order valence-corrected chi connectivity index (χ0v) is 27.6. The lowest BCUT2D eigenvalue weighted by Crippen LogP contribution is -2.42. The Bertz CT molecular complexity index is 1310. The van der Waals surface area contributed by atoms with E-state index < -0.39 is 10.0 Å². The average Bonchev–Trinajstić information content (AvgIpc) is 3.55. The summed E-state index contributed by atoms with van der Waals surface area (Å²) in [6.07, 6.45) is 8.94. The SMILES string of the molecule is COc1cc(C)c(S(=O)(=O)N2CCCC(COCC(=O)NCC3CCC(C(c4ccccc4)N4CCCC4)CC3)C2)c(C)c1. The van der Waals surface area contributed by atoms with Gasteiger partial charge in [0.05, 0.1) is 18.6 Å². The Labute approximate surface area is 264 Å². The minimum Gasteiger partial charge on any atom is -0.497 e. The van der Waals surface area contributed by atoms with Gasteiger partial charge in [-0.3, -0.25) is 9.69 Å². The van der Waals surface area contributed by atoms with Crippen molar-refractivity contribution in [2.24, 2.45) is 17.8 Å². The lowest BCUT2D eigenvalue weighted by atomic mass is 9.76. The zero-order chi connectivity index (χ0) is 31.1. The van der Waals surface area contributed by atoms with E-state index in [9.17, 15) is 13.2 Å². The first-order chi connectivity index (χ1) is 21.3. The molecule has 2 heterocycles. The van der Waals surface area contributed by atoms with Crippen LogP contribution in [-0.4, -0.2) is 76.6 Å². The van der Waals surface area contributed by atoms with Gasteiger partial charge in [0.15, 0.2) is 0 Å². The topological polar surface area (TPSA) is 88.2 Å². The molecule has 1 amide bonds. The van der Waals surface area contributed by atoms with Crippen molar-refractivity contribution in [3.8, 4) is 5.75 Å². The minimum atomic E-state index is -3.63. The first-order valence-electron chi connectivity index (χ1n) is 16.5. The van der Waals surface area contributed by atoms with Crippen LogP contribution in [0.2, 0.25) is 0 Å². The van der Waals surface area contributed by atoms with Gasteiger partial charge in [-0.15, -0.1) is 0 Å². The fraction of sp³-hybridized carbons (Fsp3) is 0.629. The summed E-state index contributed by atoms with van der Waals surface area (Å²) in [5.74, 6) is 1.81. The molecule has 5 rings (SSSR count). The van der Waals surface area contributed by atoms with Crippen molar-refractivity contribution >= 4 is 15.9 Å². The largest absolute Gasteiger partial charge is 0.497 e. The summed E-state index contributed by atoms with van der Waals surface area (Å²) >= 11 is 0. The number of hydrogen-bond donors (Lipinski definition) is 1. The first kappa shape index (κ1) is 32.9. The molecule has 9 heteroatoms. The highest BCUT2D eigenvalue weighted by molar-refractivity contribution is 7.89. The molecule has 1 saturated carbocycles. The van der Waals surface area contributed by atoms with Gasteiger partial charge in [0, 0.05) is 25.7 Å². The number of likely N-dealkylation sites (tertiary alicyclic amines) is 1. The molecule has 0 radical (unpaired) electrons. The molecule has 242 valence electrons. The van der Waals surface area contributed by atoms with Crippen LogP contribution in [0.1, 0.15) is 74.1 Å². The van der Waals surface area contributed by atoms with Gasteiger partial charge in [-0.25, -0.2) is 8.42 Å². The van der Waals surface area contributed by atoms with Crippen molar-refractivity contribution in [1.29, 1.82) is 0 Å². The molecule has 1 N–H and O–H groups in total. The Morgan fingerprint density at radius 3 is 2.27 bits per heavy atom. The Kier molecular flexibility index (Phi) is 11.4. The number of piperidine rings is 1. The highest BCUT2D eigenvalue weighted by Crippen LogP contribution is 2.41. The quantitative estimate of drug-likeness (QED) is 0.336. The van der Waals surface area contributed by atoms with E-state index in [1.807, 2.05) is 13.8 Å². The van der Waals surface area contributed by atoms with Gasteiger partial charge >= 0.3 is 0 Å². The smallest absolute Gasteiger partial charge is 0.246 e. The number of carbonyl (C=O) groups excluding carboxylic acids is 1. The van der Waals surface area contributed by atoms with Crippen molar-refractivity contribution in [3.63, 3.8) is 0 Å². The maximum Gasteiger partial charge on any atom is 0.246 e. The molecule has 0 aromatic heterocycles. The molecule has 2 saturated heterocycles. The van der Waals surface area contributed by atoms with Crippen LogP contribution in [0.4, 0.5) is 0 Å². The number of sulfonamides is 1. The Morgan fingerprint density at radius 1 is 0.932 bits per heavy atom. The normalized spacial score (nSPS) is 24.2. The highest BCUT2D eigenvalue weighted by Gasteiger charge is 2.34. The van der Waals surface area contributed by atoms with Crippen LogP contribution >= 0.6 is 0 Å². The molecule has 2 aromatic rings. The number of carbonyl (C=O) groups is 1. The maximum atomic E-state index is 13.6. The Hall–Kier alpha value is -2.46. The molecule has 2 atom stereocenters. The second kappa shape index (κ2) is 15.2. The van der Waals surface area contributed by atoms with Crippen molar-refractivity contribution in [2.45, 2.75) is 76.2 Å². The van der Waals surface area contributed by atoms with E-state index in [-0.39, 0.29) is 18.4 Å². The third-order valence-corrected chi connectivity index (χ3v) is 12.1. The molecule has 1 aliphatic carbocycles. The number of methoxy groups -OCH3 is 1. The lowest BCUT2D eigenvalue weighted by molar-refractivity contribution is -0.126. The number of benzene rings is 2. The van der Waals surface area contributed by atoms with Gasteiger partial charge in [-0.2, -0.15) is 4.31 Å². The van der Waals surface area contributed by atoms with Crippen molar-refractivity contribution < 1.29 is 22.7 Å². The molecule has 2 aliphatic heterocycles. The summed E-state index contributed by atoms with van der Waals surface area (Å²) < 4.78 is 39.8. The number of amides is 1. The van der Waals surface area contributed by atoms with E-state index in [1.54, 1.807) is 23.5 Å². The van der Waals surface area contributed by atoms with Crippen LogP contribution in [-0.2, 0) is 19.6 Å². The van der Waals surface area contributed by atoms with Gasteiger partial charge in [-0.1, -0.05) is 30.3 Å². The predicted octanol–water partition coefficient (Wildman–Crippen LogP) is 5.49. The van der Waals surface area contributed by atoms with Crippen molar-refractivity contribution in [3.05, 3.63) is 59.2 Å². The molecule has 0 bridgehead atoms. The predicted molar refractivity (Wildman–Crippen MR) is 173 cm³/mol. The first-order valence-corrected chi connectivity index (χ1v) is 18.0. The van der Waals surface area contributed by atoms with Crippen molar-refractivity contribution in [1.82, 2.24) is 14.5 Å². The van der Waals surface area contributed by atoms with E-state index in [0.29, 0.717) is 65.9 Å². The third-order valence-electron chi connectivity index (χ3n) is 9.94. The van der Waals surface area contributed by atoms with Gasteiger partial charge < -0.3 is 14.8 Å². The molecule has 0 spiro atoms. The summed E-state index contributed by atoms with van der Waals surface area (Å²) in [5.41, 5.74) is 2.83. The number of nitrogens with one attached hydrogen (secondary N) is 1. The van der Waals surface area contributed by atoms with E-state index in [0.717, 1.165) is 25.7 Å².